The number of para-hydroxylation sites is 1. The van der Waals surface area contributed by atoms with Crippen LogP contribution < -0.4 is 11.1 Å². The van der Waals surface area contributed by atoms with Gasteiger partial charge in [0, 0.05) is 24.5 Å². The monoisotopic (exact) mass is 466 g/mol. The summed E-state index contributed by atoms with van der Waals surface area (Å²) in [6.07, 6.45) is 6.59. The van der Waals surface area contributed by atoms with Gasteiger partial charge >= 0.3 is 0 Å². The van der Waals surface area contributed by atoms with Crippen LogP contribution in [-0.2, 0) is 5.54 Å². The molecule has 0 aliphatic carbocycles. The number of aryl methyl sites for hydroxylation is 1. The minimum atomic E-state index is -0.610. The van der Waals surface area contributed by atoms with Gasteiger partial charge < -0.3 is 15.6 Å². The number of anilines is 1. The number of nitrogens with one attached hydrogen (secondary N) is 1. The summed E-state index contributed by atoms with van der Waals surface area (Å²) in [5.74, 6) is 0.178. The lowest BCUT2D eigenvalue weighted by atomic mass is 10.1. The molecule has 0 aliphatic rings. The highest BCUT2D eigenvalue weighted by Gasteiger charge is 2.28. The molecule has 5 aromatic rings. The number of fused-ring (bicyclic) bond motifs is 1. The maximum absolute atomic E-state index is 13.2. The van der Waals surface area contributed by atoms with Gasteiger partial charge in [-0.05, 0) is 32.9 Å². The van der Waals surface area contributed by atoms with Gasteiger partial charge in [0.15, 0.2) is 5.65 Å². The summed E-state index contributed by atoms with van der Waals surface area (Å²) in [6.45, 7) is 6.35. The van der Waals surface area contributed by atoms with Gasteiger partial charge in [-0.1, -0.05) is 42.0 Å². The molecule has 0 unspecified atom stereocenters. The molecule has 9 nitrogen and oxygen atoms in total. The number of hydrogen-bond acceptors (Lipinski definition) is 6. The van der Waals surface area contributed by atoms with E-state index < -0.39 is 5.54 Å². The number of imidazole rings is 1. The van der Waals surface area contributed by atoms with Crippen molar-refractivity contribution in [3.8, 4) is 16.9 Å². The van der Waals surface area contributed by atoms with E-state index in [0.29, 0.717) is 34.7 Å². The Hall–Kier alpha value is -4.53. The summed E-state index contributed by atoms with van der Waals surface area (Å²) in [5, 5.41) is 8.66. The van der Waals surface area contributed by atoms with Gasteiger partial charge in [-0.2, -0.15) is 5.10 Å². The first kappa shape index (κ1) is 22.3. The lowest BCUT2D eigenvalue weighted by molar-refractivity contribution is 0.0936. The van der Waals surface area contributed by atoms with Crippen molar-refractivity contribution >= 4 is 22.8 Å². The zero-order chi connectivity index (χ0) is 24.6. The summed E-state index contributed by atoms with van der Waals surface area (Å²) in [5.41, 5.74) is 10.4. The number of nitrogens with two attached hydrogens (primary N) is 1. The number of aromatic nitrogens is 6. The number of rotatable bonds is 6. The predicted molar refractivity (Wildman–Crippen MR) is 135 cm³/mol. The topological polar surface area (TPSA) is 117 Å². The van der Waals surface area contributed by atoms with Crippen LogP contribution in [0.2, 0.25) is 0 Å². The van der Waals surface area contributed by atoms with Crippen molar-refractivity contribution in [1.29, 1.82) is 0 Å². The van der Waals surface area contributed by atoms with Crippen molar-refractivity contribution < 1.29 is 4.79 Å². The van der Waals surface area contributed by atoms with Crippen molar-refractivity contribution in [1.82, 2.24) is 34.6 Å². The fourth-order valence-electron chi connectivity index (χ4n) is 4.07. The Morgan fingerprint density at radius 1 is 1.09 bits per heavy atom. The van der Waals surface area contributed by atoms with Crippen LogP contribution in [0.5, 0.6) is 0 Å². The SMILES string of the molecule is Cc1ccc(-c2nn(C(C)(C)CNC(=O)c3ccccc3-n3ccnc3)c3ncnc(N)c23)cc1. The van der Waals surface area contributed by atoms with Crippen LogP contribution >= 0.6 is 0 Å². The summed E-state index contributed by atoms with van der Waals surface area (Å²) in [6, 6.07) is 15.5. The quantitative estimate of drug-likeness (QED) is 0.394. The van der Waals surface area contributed by atoms with E-state index in [-0.39, 0.29) is 5.91 Å². The number of nitrogen functional groups attached to an aromatic ring is 1. The predicted octanol–water partition coefficient (Wildman–Crippen LogP) is 3.73. The minimum Gasteiger partial charge on any atom is -0.383 e. The Bertz CT molecular complexity index is 1500. The molecule has 0 bridgehead atoms. The summed E-state index contributed by atoms with van der Waals surface area (Å²) in [4.78, 5) is 26.0. The summed E-state index contributed by atoms with van der Waals surface area (Å²) >= 11 is 0. The molecule has 0 radical (unpaired) electrons. The van der Waals surface area contributed by atoms with Gasteiger partial charge in [0.2, 0.25) is 0 Å². The largest absolute Gasteiger partial charge is 0.383 e. The zero-order valence-electron chi connectivity index (χ0n) is 19.8. The Morgan fingerprint density at radius 2 is 1.86 bits per heavy atom. The van der Waals surface area contributed by atoms with E-state index in [0.717, 1.165) is 16.8 Å². The van der Waals surface area contributed by atoms with Crippen molar-refractivity contribution in [3.05, 3.63) is 84.7 Å². The van der Waals surface area contributed by atoms with E-state index in [2.05, 4.69) is 20.3 Å². The fourth-order valence-corrected chi connectivity index (χ4v) is 4.07. The highest BCUT2D eigenvalue weighted by molar-refractivity contribution is 5.99. The Balaban J connectivity index is 1.48. The van der Waals surface area contributed by atoms with E-state index in [1.807, 2.05) is 78.7 Å². The minimum absolute atomic E-state index is 0.188. The third kappa shape index (κ3) is 4.12. The normalized spacial score (nSPS) is 11.6. The molecular formula is C26H26N8O. The molecule has 5 rings (SSSR count). The maximum Gasteiger partial charge on any atom is 0.253 e. The molecule has 1 amide bonds. The Labute approximate surface area is 202 Å². The first-order valence-corrected chi connectivity index (χ1v) is 11.3. The fraction of sp³-hybridized carbons (Fsp3) is 0.192. The second-order valence-corrected chi connectivity index (χ2v) is 9.07. The van der Waals surface area contributed by atoms with Crippen molar-refractivity contribution in [2.75, 3.05) is 12.3 Å². The average Bonchev–Trinajstić information content (AvgIpc) is 3.53. The lowest BCUT2D eigenvalue weighted by Gasteiger charge is -2.26. The van der Waals surface area contributed by atoms with Crippen molar-refractivity contribution in [2.24, 2.45) is 0 Å². The molecule has 0 saturated heterocycles. The third-order valence-corrected chi connectivity index (χ3v) is 6.01. The molecule has 0 atom stereocenters. The molecule has 9 heteroatoms. The number of carbonyl (C=O) groups excluding carboxylic acids is 1. The van der Waals surface area contributed by atoms with E-state index in [1.165, 1.54) is 6.33 Å². The van der Waals surface area contributed by atoms with Gasteiger partial charge in [0.05, 0.1) is 28.5 Å². The number of carbonyl (C=O) groups is 1. The highest BCUT2D eigenvalue weighted by atomic mass is 16.1. The van der Waals surface area contributed by atoms with Gasteiger partial charge in [-0.25, -0.2) is 19.6 Å². The van der Waals surface area contributed by atoms with Gasteiger partial charge in [0.1, 0.15) is 17.8 Å². The lowest BCUT2D eigenvalue weighted by Crippen LogP contribution is -2.41. The number of benzene rings is 2. The van der Waals surface area contributed by atoms with Crippen LogP contribution in [0, 0.1) is 6.92 Å². The second kappa shape index (κ2) is 8.68. The molecule has 3 heterocycles. The Morgan fingerprint density at radius 3 is 2.60 bits per heavy atom. The smallest absolute Gasteiger partial charge is 0.253 e. The molecule has 0 fully saturated rings. The molecule has 2 aromatic carbocycles. The molecular weight excluding hydrogens is 440 g/mol. The van der Waals surface area contributed by atoms with Gasteiger partial charge in [-0.3, -0.25) is 4.79 Å². The van der Waals surface area contributed by atoms with E-state index in [4.69, 9.17) is 10.8 Å². The van der Waals surface area contributed by atoms with E-state index in [1.54, 1.807) is 18.6 Å². The van der Waals surface area contributed by atoms with E-state index in [9.17, 15) is 4.79 Å². The van der Waals surface area contributed by atoms with Crippen LogP contribution in [0.3, 0.4) is 0 Å². The van der Waals surface area contributed by atoms with Crippen molar-refractivity contribution in [3.63, 3.8) is 0 Å². The number of nitrogens with zero attached hydrogens (tertiary/aromatic N) is 6. The van der Waals surface area contributed by atoms with Gasteiger partial charge in [-0.15, -0.1) is 0 Å². The highest BCUT2D eigenvalue weighted by Crippen LogP contribution is 2.33. The third-order valence-electron chi connectivity index (χ3n) is 6.01. The average molecular weight is 467 g/mol. The van der Waals surface area contributed by atoms with Crippen LogP contribution in [0.25, 0.3) is 28.0 Å². The van der Waals surface area contributed by atoms with Crippen molar-refractivity contribution in [2.45, 2.75) is 26.3 Å². The van der Waals surface area contributed by atoms with Crippen LogP contribution in [0.15, 0.2) is 73.6 Å². The first-order chi connectivity index (χ1) is 16.8. The summed E-state index contributed by atoms with van der Waals surface area (Å²) < 4.78 is 3.63. The first-order valence-electron chi connectivity index (χ1n) is 11.3. The molecule has 0 saturated carbocycles. The molecule has 3 aromatic heterocycles. The zero-order valence-corrected chi connectivity index (χ0v) is 19.8. The standard InChI is InChI=1S/C26H26N8O/c1-17-8-10-18(11-9-17)22-21-23(27)30-15-31-24(21)34(32-22)26(2,3)14-29-25(35)19-6-4-5-7-20(19)33-13-12-28-16-33/h4-13,15-16H,14H2,1-3H3,(H,29,35)(H2,27,30,31). The molecule has 35 heavy (non-hydrogen) atoms. The maximum atomic E-state index is 13.2. The molecule has 3 N–H and O–H groups in total. The molecule has 0 spiro atoms. The van der Waals surface area contributed by atoms with Crippen LogP contribution in [-0.4, -0.2) is 41.8 Å². The van der Waals surface area contributed by atoms with Gasteiger partial charge in [0.25, 0.3) is 5.91 Å². The van der Waals surface area contributed by atoms with Crippen LogP contribution in [0.4, 0.5) is 5.82 Å². The summed E-state index contributed by atoms with van der Waals surface area (Å²) in [7, 11) is 0. The number of amides is 1. The molecule has 176 valence electrons. The number of hydrogen-bond donors (Lipinski definition) is 2. The molecule has 0 aliphatic heterocycles. The van der Waals surface area contributed by atoms with E-state index >= 15 is 0 Å². The Kier molecular flexibility index (Phi) is 5.52. The second-order valence-electron chi connectivity index (χ2n) is 9.07. The van der Waals surface area contributed by atoms with Crippen LogP contribution in [0.1, 0.15) is 29.8 Å².